The molecule has 1 aromatic carbocycles. The summed E-state index contributed by atoms with van der Waals surface area (Å²) in [6.45, 7) is 0.0823. The molecule has 0 heterocycles. The number of sulfonamides is 1. The molecular formula is C10H15NO5S2. The molecule has 0 unspecified atom stereocenters. The minimum Gasteiger partial charge on any atom is -0.282 e. The first-order valence-electron chi connectivity index (χ1n) is 5.11. The normalized spacial score (nSPS) is 12.5. The number of hydrogen-bond acceptors (Lipinski definition) is 5. The van der Waals surface area contributed by atoms with Crippen molar-refractivity contribution in [3.8, 4) is 0 Å². The molecule has 0 spiro atoms. The first kappa shape index (κ1) is 15.1. The zero-order valence-electron chi connectivity index (χ0n) is 9.87. The van der Waals surface area contributed by atoms with Gasteiger partial charge in [-0.05, 0) is 5.56 Å². The van der Waals surface area contributed by atoms with Crippen LogP contribution in [0.5, 0.6) is 0 Å². The Morgan fingerprint density at radius 3 is 2.22 bits per heavy atom. The van der Waals surface area contributed by atoms with Crippen LogP contribution in [0.1, 0.15) is 5.56 Å². The van der Waals surface area contributed by atoms with Crippen LogP contribution in [-0.2, 0) is 31.3 Å². The van der Waals surface area contributed by atoms with Crippen molar-refractivity contribution in [3.05, 3.63) is 35.9 Å². The molecule has 0 amide bonds. The molecule has 0 aliphatic heterocycles. The van der Waals surface area contributed by atoms with E-state index < -0.39 is 31.4 Å². The van der Waals surface area contributed by atoms with Gasteiger partial charge in [0.2, 0.25) is 10.0 Å². The van der Waals surface area contributed by atoms with Crippen LogP contribution in [0, 0.1) is 0 Å². The molecular weight excluding hydrogens is 278 g/mol. The van der Waals surface area contributed by atoms with Gasteiger partial charge in [-0.1, -0.05) is 35.2 Å². The van der Waals surface area contributed by atoms with Gasteiger partial charge in [0.05, 0.1) is 18.1 Å². The van der Waals surface area contributed by atoms with Gasteiger partial charge in [0, 0.05) is 6.26 Å². The van der Waals surface area contributed by atoms with Crippen molar-refractivity contribution in [2.24, 2.45) is 0 Å². The lowest BCUT2D eigenvalue weighted by molar-refractivity contribution is 0.0797. The highest BCUT2D eigenvalue weighted by Crippen LogP contribution is 2.00. The van der Waals surface area contributed by atoms with Gasteiger partial charge in [0.1, 0.15) is 9.84 Å². The summed E-state index contributed by atoms with van der Waals surface area (Å²) in [7, 11) is -7.05. The van der Waals surface area contributed by atoms with Crippen molar-refractivity contribution in [1.82, 2.24) is 4.89 Å². The molecule has 1 N–H and O–H groups in total. The fourth-order valence-corrected chi connectivity index (χ4v) is 3.49. The number of sulfone groups is 1. The fraction of sp³-hybridized carbons (Fsp3) is 0.400. The third kappa shape index (κ3) is 6.70. The van der Waals surface area contributed by atoms with Gasteiger partial charge < -0.3 is 0 Å². The molecule has 6 nitrogen and oxygen atoms in total. The smallest absolute Gasteiger partial charge is 0.234 e. The highest BCUT2D eigenvalue weighted by molar-refractivity contribution is 7.93. The summed E-state index contributed by atoms with van der Waals surface area (Å²) in [5.74, 6) is -0.947. The van der Waals surface area contributed by atoms with E-state index in [2.05, 4.69) is 0 Å². The largest absolute Gasteiger partial charge is 0.282 e. The Kier molecular flexibility index (Phi) is 5.27. The molecule has 102 valence electrons. The Morgan fingerprint density at radius 2 is 1.67 bits per heavy atom. The number of hydrogen-bond donors (Lipinski definition) is 1. The van der Waals surface area contributed by atoms with Crippen molar-refractivity contribution >= 4 is 19.9 Å². The van der Waals surface area contributed by atoms with E-state index in [9.17, 15) is 16.8 Å². The van der Waals surface area contributed by atoms with Crippen LogP contribution in [0.15, 0.2) is 30.3 Å². The van der Waals surface area contributed by atoms with Crippen LogP contribution in [0.3, 0.4) is 0 Å². The van der Waals surface area contributed by atoms with Crippen LogP contribution >= 0.6 is 0 Å². The monoisotopic (exact) mass is 293 g/mol. The van der Waals surface area contributed by atoms with Gasteiger partial charge in [-0.15, -0.1) is 0 Å². The number of benzene rings is 1. The molecule has 1 rings (SSSR count). The highest BCUT2D eigenvalue weighted by atomic mass is 32.2. The van der Waals surface area contributed by atoms with Gasteiger partial charge in [-0.3, -0.25) is 4.84 Å². The molecule has 1 aromatic rings. The van der Waals surface area contributed by atoms with E-state index in [0.717, 1.165) is 11.8 Å². The Balaban J connectivity index is 2.39. The Hall–Kier alpha value is -0.960. The standard InChI is InChI=1S/C10H15NO5S2/c1-17(12,13)7-8-18(14,15)11-16-9-10-5-3-2-4-6-10/h2-6,11H,7-9H2,1H3. The van der Waals surface area contributed by atoms with Crippen LogP contribution in [-0.4, -0.2) is 34.6 Å². The molecule has 0 aliphatic rings. The zero-order valence-corrected chi connectivity index (χ0v) is 11.5. The minimum absolute atomic E-state index is 0.0823. The van der Waals surface area contributed by atoms with Crippen molar-refractivity contribution in [1.29, 1.82) is 0 Å². The average Bonchev–Trinajstić information content (AvgIpc) is 2.27. The third-order valence-electron chi connectivity index (χ3n) is 1.99. The van der Waals surface area contributed by atoms with Crippen molar-refractivity contribution in [3.63, 3.8) is 0 Å². The van der Waals surface area contributed by atoms with Gasteiger partial charge in [-0.2, -0.15) is 0 Å². The summed E-state index contributed by atoms with van der Waals surface area (Å²) in [5.41, 5.74) is 0.809. The van der Waals surface area contributed by atoms with E-state index in [-0.39, 0.29) is 6.61 Å². The van der Waals surface area contributed by atoms with E-state index in [1.165, 1.54) is 0 Å². The maximum atomic E-state index is 11.4. The molecule has 0 atom stereocenters. The highest BCUT2D eigenvalue weighted by Gasteiger charge is 2.14. The minimum atomic E-state index is -3.74. The van der Waals surface area contributed by atoms with Gasteiger partial charge >= 0.3 is 0 Å². The first-order valence-corrected chi connectivity index (χ1v) is 8.83. The predicted molar refractivity (Wildman–Crippen MR) is 67.9 cm³/mol. The van der Waals surface area contributed by atoms with E-state index >= 15 is 0 Å². The third-order valence-corrected chi connectivity index (χ3v) is 4.31. The lowest BCUT2D eigenvalue weighted by Crippen LogP contribution is -2.29. The molecule has 0 bridgehead atoms. The van der Waals surface area contributed by atoms with E-state index in [0.29, 0.717) is 0 Å². The molecule has 0 saturated heterocycles. The molecule has 0 radical (unpaired) electrons. The second kappa shape index (κ2) is 6.28. The van der Waals surface area contributed by atoms with Crippen LogP contribution in [0.4, 0.5) is 0 Å². The second-order valence-electron chi connectivity index (χ2n) is 3.81. The Labute approximate surface area is 107 Å². The fourth-order valence-electron chi connectivity index (χ4n) is 1.08. The summed E-state index contributed by atoms with van der Waals surface area (Å²) in [4.78, 5) is 6.70. The summed E-state index contributed by atoms with van der Waals surface area (Å²) in [6.07, 6.45) is 0.980. The topological polar surface area (TPSA) is 89.5 Å². The summed E-state index contributed by atoms with van der Waals surface area (Å²) in [6, 6.07) is 9.00. The lowest BCUT2D eigenvalue weighted by Gasteiger charge is -2.06. The number of rotatable bonds is 7. The van der Waals surface area contributed by atoms with Crippen LogP contribution < -0.4 is 4.89 Å². The van der Waals surface area contributed by atoms with E-state index in [1.54, 1.807) is 24.3 Å². The van der Waals surface area contributed by atoms with E-state index in [1.807, 2.05) is 11.0 Å². The second-order valence-corrected chi connectivity index (χ2v) is 7.87. The predicted octanol–water partition coefficient (Wildman–Crippen LogP) is 0.0822. The zero-order chi connectivity index (χ0) is 13.6. The molecule has 0 aliphatic carbocycles. The summed E-state index contributed by atoms with van der Waals surface area (Å²) >= 11 is 0. The van der Waals surface area contributed by atoms with Crippen LogP contribution in [0.2, 0.25) is 0 Å². The van der Waals surface area contributed by atoms with E-state index in [4.69, 9.17) is 4.84 Å². The molecule has 8 heteroatoms. The van der Waals surface area contributed by atoms with Gasteiger partial charge in [0.15, 0.2) is 0 Å². The van der Waals surface area contributed by atoms with Crippen molar-refractivity contribution < 1.29 is 21.7 Å². The lowest BCUT2D eigenvalue weighted by atomic mass is 10.2. The molecule has 0 aromatic heterocycles. The average molecular weight is 293 g/mol. The summed E-state index contributed by atoms with van der Waals surface area (Å²) < 4.78 is 44.4. The van der Waals surface area contributed by atoms with Crippen molar-refractivity contribution in [2.75, 3.05) is 17.8 Å². The molecule has 0 saturated carbocycles. The summed E-state index contributed by atoms with van der Waals surface area (Å²) in [5, 5.41) is 0. The van der Waals surface area contributed by atoms with Gasteiger partial charge in [-0.25, -0.2) is 16.8 Å². The molecule has 0 fully saturated rings. The first-order chi connectivity index (χ1) is 8.29. The Morgan fingerprint density at radius 1 is 1.06 bits per heavy atom. The maximum Gasteiger partial charge on any atom is 0.234 e. The quantitative estimate of drug-likeness (QED) is 0.719. The SMILES string of the molecule is CS(=O)(=O)CCS(=O)(=O)NOCc1ccccc1. The van der Waals surface area contributed by atoms with Gasteiger partial charge in [0.25, 0.3) is 0 Å². The number of nitrogens with one attached hydrogen (secondary N) is 1. The molecule has 18 heavy (non-hydrogen) atoms. The maximum absolute atomic E-state index is 11.4. The van der Waals surface area contributed by atoms with Crippen LogP contribution in [0.25, 0.3) is 0 Å². The Bertz CT molecular complexity index is 566. The van der Waals surface area contributed by atoms with Crippen molar-refractivity contribution in [2.45, 2.75) is 6.61 Å².